The molecule has 2 unspecified atom stereocenters. The first-order chi connectivity index (χ1) is 9.18. The van der Waals surface area contributed by atoms with Crippen molar-refractivity contribution in [1.29, 1.82) is 0 Å². The number of rotatable bonds is 3. The number of hydrogen-bond donors (Lipinski definition) is 2. The molecule has 1 aromatic heterocycles. The molecular weight excluding hydrogens is 246 g/mol. The van der Waals surface area contributed by atoms with E-state index in [0.717, 1.165) is 19.3 Å². The van der Waals surface area contributed by atoms with Crippen LogP contribution in [0.2, 0.25) is 0 Å². The van der Waals surface area contributed by atoms with Gasteiger partial charge in [-0.3, -0.25) is 14.6 Å². The highest BCUT2D eigenvalue weighted by Gasteiger charge is 2.30. The van der Waals surface area contributed by atoms with Crippen LogP contribution in [0.15, 0.2) is 18.6 Å². The van der Waals surface area contributed by atoms with Crippen LogP contribution in [0.5, 0.6) is 0 Å². The third-order valence-electron chi connectivity index (χ3n) is 3.45. The molecule has 1 aliphatic rings. The molecule has 1 saturated carbocycles. The van der Waals surface area contributed by atoms with E-state index in [1.54, 1.807) is 0 Å². The second-order valence-electron chi connectivity index (χ2n) is 4.75. The third kappa shape index (κ3) is 3.49. The number of carboxylic acids is 1. The lowest BCUT2D eigenvalue weighted by Gasteiger charge is -2.22. The highest BCUT2D eigenvalue weighted by molar-refractivity contribution is 5.92. The van der Waals surface area contributed by atoms with Gasteiger partial charge in [-0.2, -0.15) is 0 Å². The van der Waals surface area contributed by atoms with Gasteiger partial charge in [0.25, 0.3) is 5.91 Å². The average Bonchev–Trinajstić information content (AvgIpc) is 2.65. The minimum atomic E-state index is -0.841. The summed E-state index contributed by atoms with van der Waals surface area (Å²) in [6.45, 7) is 0. The number of hydrogen-bond acceptors (Lipinski definition) is 4. The molecule has 19 heavy (non-hydrogen) atoms. The van der Waals surface area contributed by atoms with Crippen molar-refractivity contribution < 1.29 is 14.7 Å². The molecule has 0 spiro atoms. The normalized spacial score (nSPS) is 23.4. The lowest BCUT2D eigenvalue weighted by molar-refractivity contribution is -0.142. The van der Waals surface area contributed by atoms with Crippen LogP contribution in [-0.2, 0) is 4.79 Å². The van der Waals surface area contributed by atoms with E-state index in [1.165, 1.54) is 18.6 Å². The van der Waals surface area contributed by atoms with Gasteiger partial charge in [0.1, 0.15) is 5.69 Å². The molecule has 1 fully saturated rings. The van der Waals surface area contributed by atoms with E-state index in [4.69, 9.17) is 0 Å². The molecule has 6 heteroatoms. The number of amides is 1. The highest BCUT2D eigenvalue weighted by atomic mass is 16.4. The van der Waals surface area contributed by atoms with Gasteiger partial charge < -0.3 is 10.4 Å². The van der Waals surface area contributed by atoms with Crippen molar-refractivity contribution in [3.8, 4) is 0 Å². The van der Waals surface area contributed by atoms with Crippen LogP contribution in [0.1, 0.15) is 42.6 Å². The van der Waals surface area contributed by atoms with Crippen LogP contribution in [0, 0.1) is 5.92 Å². The van der Waals surface area contributed by atoms with Crippen molar-refractivity contribution in [1.82, 2.24) is 15.3 Å². The monoisotopic (exact) mass is 263 g/mol. The van der Waals surface area contributed by atoms with Crippen LogP contribution < -0.4 is 5.32 Å². The second kappa shape index (κ2) is 6.26. The minimum absolute atomic E-state index is 0.218. The fourth-order valence-corrected chi connectivity index (χ4v) is 2.43. The molecule has 2 N–H and O–H groups in total. The van der Waals surface area contributed by atoms with Crippen molar-refractivity contribution in [3.63, 3.8) is 0 Å². The quantitative estimate of drug-likeness (QED) is 0.800. The summed E-state index contributed by atoms with van der Waals surface area (Å²) in [5, 5.41) is 12.0. The molecule has 0 bridgehead atoms. The number of carboxylic acid groups (broad SMARTS) is 1. The largest absolute Gasteiger partial charge is 0.481 e. The number of carbonyl (C=O) groups excluding carboxylic acids is 1. The summed E-state index contributed by atoms with van der Waals surface area (Å²) in [6, 6.07) is -0.325. The van der Waals surface area contributed by atoms with E-state index in [2.05, 4.69) is 15.3 Å². The summed E-state index contributed by atoms with van der Waals surface area (Å²) in [5.41, 5.74) is 0.218. The smallest absolute Gasteiger partial charge is 0.308 e. The molecular formula is C13H17N3O3. The van der Waals surface area contributed by atoms with Crippen molar-refractivity contribution in [2.24, 2.45) is 5.92 Å². The Bertz CT molecular complexity index is 450. The number of nitrogens with zero attached hydrogens (tertiary/aromatic N) is 2. The van der Waals surface area contributed by atoms with E-state index in [9.17, 15) is 14.7 Å². The molecule has 102 valence electrons. The van der Waals surface area contributed by atoms with Crippen LogP contribution >= 0.6 is 0 Å². The molecule has 1 amide bonds. The maximum Gasteiger partial charge on any atom is 0.308 e. The summed E-state index contributed by atoms with van der Waals surface area (Å²) in [5.74, 6) is -1.71. The Morgan fingerprint density at radius 2 is 2.00 bits per heavy atom. The van der Waals surface area contributed by atoms with Gasteiger partial charge in [-0.05, 0) is 12.8 Å². The first-order valence-electron chi connectivity index (χ1n) is 6.48. The van der Waals surface area contributed by atoms with Gasteiger partial charge in [-0.15, -0.1) is 0 Å². The van der Waals surface area contributed by atoms with Gasteiger partial charge in [0.05, 0.1) is 12.1 Å². The summed E-state index contributed by atoms with van der Waals surface area (Å²) in [6.07, 6.45) is 8.47. The predicted molar refractivity (Wildman–Crippen MR) is 67.5 cm³/mol. The van der Waals surface area contributed by atoms with Gasteiger partial charge in [0, 0.05) is 18.4 Å². The van der Waals surface area contributed by atoms with E-state index in [0.29, 0.717) is 12.8 Å². The molecule has 0 aromatic carbocycles. The lowest BCUT2D eigenvalue weighted by atomic mass is 9.95. The molecule has 1 aromatic rings. The fourth-order valence-electron chi connectivity index (χ4n) is 2.43. The minimum Gasteiger partial charge on any atom is -0.481 e. The molecule has 1 heterocycles. The molecule has 1 aliphatic carbocycles. The van der Waals surface area contributed by atoms with Gasteiger partial charge in [0.15, 0.2) is 0 Å². The van der Waals surface area contributed by atoms with E-state index < -0.39 is 11.9 Å². The van der Waals surface area contributed by atoms with Gasteiger partial charge in [-0.25, -0.2) is 4.98 Å². The summed E-state index contributed by atoms with van der Waals surface area (Å²) in [7, 11) is 0. The topological polar surface area (TPSA) is 92.2 Å². The standard InChI is InChI=1S/C13H17N3O3/c17-12(11-8-14-6-7-15-11)16-10-5-3-1-2-4-9(10)13(18)19/h6-10H,1-5H2,(H,16,17)(H,18,19). The van der Waals surface area contributed by atoms with Gasteiger partial charge >= 0.3 is 5.97 Å². The van der Waals surface area contributed by atoms with E-state index in [1.807, 2.05) is 0 Å². The lowest BCUT2D eigenvalue weighted by Crippen LogP contribution is -2.43. The third-order valence-corrected chi connectivity index (χ3v) is 3.45. The number of nitrogens with one attached hydrogen (secondary N) is 1. The summed E-state index contributed by atoms with van der Waals surface area (Å²) in [4.78, 5) is 31.0. The number of aromatic nitrogens is 2. The first kappa shape index (κ1) is 13.5. The SMILES string of the molecule is O=C(NC1CCCCCC1C(=O)O)c1cnccn1. The summed E-state index contributed by atoms with van der Waals surface area (Å²) >= 11 is 0. The average molecular weight is 263 g/mol. The predicted octanol–water partition coefficient (Wildman–Crippen LogP) is 1.24. The van der Waals surface area contributed by atoms with Crippen LogP contribution in [0.3, 0.4) is 0 Å². The molecule has 6 nitrogen and oxygen atoms in total. The van der Waals surface area contributed by atoms with Crippen molar-refractivity contribution >= 4 is 11.9 Å². The Balaban J connectivity index is 2.06. The molecule has 2 atom stereocenters. The second-order valence-corrected chi connectivity index (χ2v) is 4.75. The Labute approximate surface area is 111 Å². The maximum atomic E-state index is 12.0. The van der Waals surface area contributed by atoms with Crippen LogP contribution in [-0.4, -0.2) is 33.0 Å². The van der Waals surface area contributed by atoms with E-state index >= 15 is 0 Å². The zero-order chi connectivity index (χ0) is 13.7. The van der Waals surface area contributed by atoms with Gasteiger partial charge in [-0.1, -0.05) is 19.3 Å². The Hall–Kier alpha value is -1.98. The Morgan fingerprint density at radius 3 is 2.68 bits per heavy atom. The molecule has 2 rings (SSSR count). The molecule has 0 aliphatic heterocycles. The fraction of sp³-hybridized carbons (Fsp3) is 0.538. The summed E-state index contributed by atoms with van der Waals surface area (Å²) < 4.78 is 0. The van der Waals surface area contributed by atoms with Crippen LogP contribution in [0.4, 0.5) is 0 Å². The van der Waals surface area contributed by atoms with Crippen molar-refractivity contribution in [3.05, 3.63) is 24.3 Å². The molecule has 0 radical (unpaired) electrons. The number of aliphatic carboxylic acids is 1. The van der Waals surface area contributed by atoms with E-state index in [-0.39, 0.29) is 17.6 Å². The zero-order valence-electron chi connectivity index (χ0n) is 10.6. The Morgan fingerprint density at radius 1 is 1.21 bits per heavy atom. The first-order valence-corrected chi connectivity index (χ1v) is 6.48. The maximum absolute atomic E-state index is 12.0. The highest BCUT2D eigenvalue weighted by Crippen LogP contribution is 2.24. The molecule has 0 saturated heterocycles. The van der Waals surface area contributed by atoms with Crippen LogP contribution in [0.25, 0.3) is 0 Å². The van der Waals surface area contributed by atoms with Crippen molar-refractivity contribution in [2.75, 3.05) is 0 Å². The number of carbonyl (C=O) groups is 2. The zero-order valence-corrected chi connectivity index (χ0v) is 10.6. The van der Waals surface area contributed by atoms with Gasteiger partial charge in [0.2, 0.25) is 0 Å². The van der Waals surface area contributed by atoms with Crippen molar-refractivity contribution in [2.45, 2.75) is 38.1 Å². The Kier molecular flexibility index (Phi) is 4.43.